The molecular weight excluding hydrogens is 553 g/mol. The Morgan fingerprint density at radius 1 is 0.683 bits per heavy atom. The van der Waals surface area contributed by atoms with Crippen LogP contribution in [0.5, 0.6) is 0 Å². The third kappa shape index (κ3) is 5.50. The minimum absolute atomic E-state index is 0.0733. The van der Waals surface area contributed by atoms with Gasteiger partial charge in [0.1, 0.15) is 11.4 Å². The van der Waals surface area contributed by atoms with Crippen LogP contribution in [0.25, 0.3) is 22.5 Å². The first-order valence-electron chi connectivity index (χ1n) is 12.7. The maximum Gasteiger partial charge on any atom is 0.282 e. The van der Waals surface area contributed by atoms with Crippen molar-refractivity contribution < 1.29 is 13.2 Å². The van der Waals surface area contributed by atoms with Gasteiger partial charge in [-0.05, 0) is 36.9 Å². The smallest absolute Gasteiger partial charge is 0.282 e. The van der Waals surface area contributed by atoms with Crippen molar-refractivity contribution in [3.63, 3.8) is 0 Å². The van der Waals surface area contributed by atoms with Crippen LogP contribution in [0.4, 0.5) is 0 Å². The van der Waals surface area contributed by atoms with Crippen LogP contribution in [-0.2, 0) is 10.0 Å². The summed E-state index contributed by atoms with van der Waals surface area (Å²) in [7, 11) is -4.03. The lowest BCUT2D eigenvalue weighted by Crippen LogP contribution is -2.17. The largest absolute Gasteiger partial charge is 0.288 e. The van der Waals surface area contributed by atoms with E-state index in [-0.39, 0.29) is 26.5 Å². The van der Waals surface area contributed by atoms with Gasteiger partial charge in [0.25, 0.3) is 10.0 Å². The van der Waals surface area contributed by atoms with E-state index in [0.29, 0.717) is 22.5 Å². The Bertz CT molecular complexity index is 1940. The molecule has 1 aromatic heterocycles. The Morgan fingerprint density at radius 3 is 1.93 bits per heavy atom. The average Bonchev–Trinajstić information content (AvgIpc) is 3.00. The quantitative estimate of drug-likeness (QED) is 0.226. The highest BCUT2D eigenvalue weighted by molar-refractivity contribution is 8.04. The van der Waals surface area contributed by atoms with Gasteiger partial charge in [-0.15, -0.1) is 10.2 Å². The second-order valence-corrected chi connectivity index (χ2v) is 11.9. The van der Waals surface area contributed by atoms with Gasteiger partial charge < -0.3 is 0 Å². The standard InChI is InChI=1S/C32H22N4O3S2/c1-21-16-18-24(19-17-21)41(38,39)36-27-20-28(31(37)26-15-9-8-14-25(26)27)40-32-33-29(22-10-4-2-5-11-22)30(34-35-32)23-12-6-3-7-13-23/h2-20H,1H3/b36-27+. The molecule has 0 N–H and O–H groups in total. The number of benzene rings is 4. The zero-order valence-corrected chi connectivity index (χ0v) is 23.4. The number of nitrogens with zero attached hydrogens (tertiary/aromatic N) is 4. The molecule has 0 atom stereocenters. The van der Waals surface area contributed by atoms with Crippen LogP contribution in [0, 0.1) is 6.92 Å². The molecule has 200 valence electrons. The summed E-state index contributed by atoms with van der Waals surface area (Å²) in [6, 6.07) is 32.6. The molecule has 0 saturated carbocycles. The number of carbonyl (C=O) groups is 1. The van der Waals surface area contributed by atoms with E-state index in [9.17, 15) is 13.2 Å². The van der Waals surface area contributed by atoms with Gasteiger partial charge in [0.15, 0.2) is 0 Å². The minimum atomic E-state index is -4.03. The Morgan fingerprint density at radius 2 is 1.27 bits per heavy atom. The molecule has 0 bridgehead atoms. The molecule has 9 heteroatoms. The summed E-state index contributed by atoms with van der Waals surface area (Å²) >= 11 is 1.03. The molecule has 0 aliphatic heterocycles. The summed E-state index contributed by atoms with van der Waals surface area (Å²) in [5, 5.41) is 9.07. The SMILES string of the molecule is Cc1ccc(S(=O)(=O)/N=C2\C=C(Sc3nnc(-c4ccccc4)c(-c4ccccc4)n3)C(=O)c3ccccc32)cc1. The number of carbonyl (C=O) groups excluding carboxylic acids is 1. The molecule has 1 aliphatic rings. The number of rotatable bonds is 6. The third-order valence-electron chi connectivity index (χ3n) is 6.44. The van der Waals surface area contributed by atoms with Gasteiger partial charge in [-0.25, -0.2) is 4.98 Å². The number of hydrogen-bond acceptors (Lipinski definition) is 7. The van der Waals surface area contributed by atoms with E-state index >= 15 is 0 Å². The van der Waals surface area contributed by atoms with E-state index in [0.717, 1.165) is 28.5 Å². The zero-order valence-electron chi connectivity index (χ0n) is 21.8. The number of Topliss-reactive ketones (excluding diaryl/α,β-unsaturated/α-hetero) is 1. The summed E-state index contributed by atoms with van der Waals surface area (Å²) in [6.45, 7) is 1.88. The number of ketones is 1. The lowest BCUT2D eigenvalue weighted by molar-refractivity contribution is 0.104. The van der Waals surface area contributed by atoms with Crippen molar-refractivity contribution in [3.8, 4) is 22.5 Å². The molecular formula is C32H22N4O3S2. The molecule has 0 unspecified atom stereocenters. The van der Waals surface area contributed by atoms with Crippen LogP contribution in [0.1, 0.15) is 21.5 Å². The first-order chi connectivity index (χ1) is 19.9. The van der Waals surface area contributed by atoms with E-state index in [4.69, 9.17) is 4.98 Å². The fourth-order valence-electron chi connectivity index (χ4n) is 4.39. The number of hydrogen-bond donors (Lipinski definition) is 0. The Balaban J connectivity index is 1.43. The van der Waals surface area contributed by atoms with Crippen molar-refractivity contribution in [3.05, 3.63) is 137 Å². The monoisotopic (exact) mass is 574 g/mol. The van der Waals surface area contributed by atoms with Gasteiger partial charge in [-0.1, -0.05) is 103 Å². The van der Waals surface area contributed by atoms with Crippen molar-refractivity contribution in [2.75, 3.05) is 0 Å². The first kappa shape index (κ1) is 26.5. The molecule has 41 heavy (non-hydrogen) atoms. The van der Waals surface area contributed by atoms with Crippen LogP contribution in [-0.4, -0.2) is 35.1 Å². The summed E-state index contributed by atoms with van der Waals surface area (Å²) in [5.41, 5.74) is 4.85. The summed E-state index contributed by atoms with van der Waals surface area (Å²) in [6.07, 6.45) is 1.48. The fourth-order valence-corrected chi connectivity index (χ4v) is 6.17. The average molecular weight is 575 g/mol. The molecule has 1 aliphatic carbocycles. The summed E-state index contributed by atoms with van der Waals surface area (Å²) < 4.78 is 30.5. The van der Waals surface area contributed by atoms with Gasteiger partial charge in [0.05, 0.1) is 15.5 Å². The highest BCUT2D eigenvalue weighted by Crippen LogP contribution is 2.35. The minimum Gasteiger partial charge on any atom is -0.288 e. The number of aromatic nitrogens is 3. The molecule has 0 radical (unpaired) electrons. The molecule has 6 rings (SSSR count). The summed E-state index contributed by atoms with van der Waals surface area (Å²) in [4.78, 5) is 18.6. The highest BCUT2D eigenvalue weighted by Gasteiger charge is 2.28. The van der Waals surface area contributed by atoms with Gasteiger partial charge >= 0.3 is 0 Å². The number of aryl methyl sites for hydroxylation is 1. The number of sulfonamides is 1. The zero-order chi connectivity index (χ0) is 28.4. The van der Waals surface area contributed by atoms with E-state index in [1.165, 1.54) is 18.2 Å². The van der Waals surface area contributed by atoms with Crippen molar-refractivity contribution in [2.24, 2.45) is 4.40 Å². The van der Waals surface area contributed by atoms with Gasteiger partial charge in [-0.3, -0.25) is 4.79 Å². The van der Waals surface area contributed by atoms with Crippen molar-refractivity contribution >= 4 is 33.3 Å². The van der Waals surface area contributed by atoms with Crippen LogP contribution in [0.3, 0.4) is 0 Å². The number of fused-ring (bicyclic) bond motifs is 1. The molecule has 1 heterocycles. The number of thioether (sulfide) groups is 1. The third-order valence-corrected chi connectivity index (χ3v) is 8.62. The highest BCUT2D eigenvalue weighted by atomic mass is 32.2. The Hall–Kier alpha value is -4.73. The molecule has 0 amide bonds. The second kappa shape index (κ2) is 11.0. The lowest BCUT2D eigenvalue weighted by Gasteiger charge is -2.17. The molecule has 0 saturated heterocycles. The molecule has 0 fully saturated rings. The maximum absolute atomic E-state index is 13.5. The Labute approximate surface area is 241 Å². The predicted molar refractivity (Wildman–Crippen MR) is 160 cm³/mol. The van der Waals surface area contributed by atoms with E-state index in [1.807, 2.05) is 67.6 Å². The van der Waals surface area contributed by atoms with Crippen LogP contribution >= 0.6 is 11.8 Å². The van der Waals surface area contributed by atoms with Crippen molar-refractivity contribution in [1.82, 2.24) is 15.2 Å². The van der Waals surface area contributed by atoms with Crippen molar-refractivity contribution in [2.45, 2.75) is 17.0 Å². The van der Waals surface area contributed by atoms with Crippen LogP contribution in [0.2, 0.25) is 0 Å². The predicted octanol–water partition coefficient (Wildman–Crippen LogP) is 6.56. The number of allylic oxidation sites excluding steroid dienone is 2. The van der Waals surface area contributed by atoms with E-state index in [2.05, 4.69) is 14.6 Å². The molecule has 5 aromatic rings. The molecule has 4 aromatic carbocycles. The first-order valence-corrected chi connectivity index (χ1v) is 15.0. The van der Waals surface area contributed by atoms with Crippen LogP contribution < -0.4 is 0 Å². The van der Waals surface area contributed by atoms with Gasteiger partial charge in [0.2, 0.25) is 10.9 Å². The normalized spacial score (nSPS) is 14.0. The van der Waals surface area contributed by atoms with Gasteiger partial charge in [0, 0.05) is 22.3 Å². The van der Waals surface area contributed by atoms with E-state index < -0.39 is 10.0 Å². The molecule has 0 spiro atoms. The topological polar surface area (TPSA) is 102 Å². The fraction of sp³-hybridized carbons (Fsp3) is 0.0312. The molecule has 7 nitrogen and oxygen atoms in total. The second-order valence-electron chi connectivity index (χ2n) is 9.27. The lowest BCUT2D eigenvalue weighted by atomic mass is 9.94. The van der Waals surface area contributed by atoms with Crippen molar-refractivity contribution in [1.29, 1.82) is 0 Å². The van der Waals surface area contributed by atoms with Crippen LogP contribution in [0.15, 0.2) is 135 Å². The summed E-state index contributed by atoms with van der Waals surface area (Å²) in [5.74, 6) is -0.269. The van der Waals surface area contributed by atoms with Gasteiger partial charge in [-0.2, -0.15) is 12.8 Å². The Kier molecular flexibility index (Phi) is 7.13. The maximum atomic E-state index is 13.5. The van der Waals surface area contributed by atoms with E-state index in [1.54, 1.807) is 36.4 Å².